The first-order valence-corrected chi connectivity index (χ1v) is 7.76. The van der Waals surface area contributed by atoms with E-state index in [1.54, 1.807) is 30.3 Å². The second kappa shape index (κ2) is 7.72. The van der Waals surface area contributed by atoms with Crippen LogP contribution in [0, 0.1) is 5.82 Å². The Hall–Kier alpha value is -2.99. The number of hydrogen-bond acceptors (Lipinski definition) is 4. The standard InChI is InChI=1S/C18H13ClFN3O2/c19-14-11-13(7-8-15(14)20)25-16(12-5-2-1-3-6-12)17(24)23-18-21-9-4-10-22-18/h1-11,16H,(H,21,22,23,24). The minimum absolute atomic E-state index is 0.0869. The molecule has 1 atom stereocenters. The van der Waals surface area contributed by atoms with E-state index in [1.807, 2.05) is 6.07 Å². The number of carbonyl (C=O) groups excluding carboxylic acids is 1. The number of hydrogen-bond donors (Lipinski definition) is 1. The zero-order valence-electron chi connectivity index (χ0n) is 12.9. The van der Waals surface area contributed by atoms with Gasteiger partial charge in [0.2, 0.25) is 12.1 Å². The van der Waals surface area contributed by atoms with Crippen LogP contribution in [0.15, 0.2) is 67.0 Å². The molecule has 3 rings (SSSR count). The van der Waals surface area contributed by atoms with Crippen molar-refractivity contribution in [2.75, 3.05) is 5.32 Å². The highest BCUT2D eigenvalue weighted by atomic mass is 35.5. The molecule has 7 heteroatoms. The lowest BCUT2D eigenvalue weighted by molar-refractivity contribution is -0.123. The minimum Gasteiger partial charge on any atom is -0.476 e. The monoisotopic (exact) mass is 357 g/mol. The van der Waals surface area contributed by atoms with Gasteiger partial charge < -0.3 is 4.74 Å². The molecule has 0 saturated carbocycles. The molecular formula is C18H13ClFN3O2. The van der Waals surface area contributed by atoms with E-state index in [4.69, 9.17) is 16.3 Å². The van der Waals surface area contributed by atoms with Gasteiger partial charge in [-0.1, -0.05) is 41.9 Å². The van der Waals surface area contributed by atoms with E-state index >= 15 is 0 Å². The maximum Gasteiger partial charge on any atom is 0.272 e. The maximum atomic E-state index is 13.3. The third kappa shape index (κ3) is 4.30. The summed E-state index contributed by atoms with van der Waals surface area (Å²) in [4.78, 5) is 20.6. The lowest BCUT2D eigenvalue weighted by Crippen LogP contribution is -2.26. The number of nitrogens with zero attached hydrogens (tertiary/aromatic N) is 2. The molecule has 0 bridgehead atoms. The molecule has 3 aromatic rings. The van der Waals surface area contributed by atoms with Crippen LogP contribution in [0.25, 0.3) is 0 Å². The first kappa shape index (κ1) is 16.9. The van der Waals surface area contributed by atoms with Gasteiger partial charge in [-0.15, -0.1) is 0 Å². The normalized spacial score (nSPS) is 11.6. The van der Waals surface area contributed by atoms with Crippen LogP contribution in [0.3, 0.4) is 0 Å². The molecule has 1 heterocycles. The van der Waals surface area contributed by atoms with Crippen molar-refractivity contribution in [3.05, 3.63) is 83.4 Å². The predicted octanol–water partition coefficient (Wildman–Crippen LogP) is 4.03. The minimum atomic E-state index is -0.980. The molecule has 2 aromatic carbocycles. The molecule has 0 aliphatic heterocycles. The molecule has 126 valence electrons. The quantitative estimate of drug-likeness (QED) is 0.748. The number of nitrogens with one attached hydrogen (secondary N) is 1. The molecule has 0 fully saturated rings. The average molecular weight is 358 g/mol. The number of aromatic nitrogens is 2. The number of benzene rings is 2. The second-order valence-electron chi connectivity index (χ2n) is 5.05. The van der Waals surface area contributed by atoms with E-state index in [0.717, 1.165) is 0 Å². The summed E-state index contributed by atoms with van der Waals surface area (Å²) in [5.41, 5.74) is 0.622. The second-order valence-corrected chi connectivity index (χ2v) is 5.45. The molecule has 0 aliphatic carbocycles. The molecule has 1 aromatic heterocycles. The van der Waals surface area contributed by atoms with Crippen molar-refractivity contribution in [1.29, 1.82) is 0 Å². The predicted molar refractivity (Wildman–Crippen MR) is 91.9 cm³/mol. The van der Waals surface area contributed by atoms with Gasteiger partial charge in [-0.3, -0.25) is 10.1 Å². The van der Waals surface area contributed by atoms with Crippen LogP contribution in [0.5, 0.6) is 5.75 Å². The molecule has 25 heavy (non-hydrogen) atoms. The molecule has 1 amide bonds. The van der Waals surface area contributed by atoms with Gasteiger partial charge in [0.15, 0.2) is 0 Å². The van der Waals surface area contributed by atoms with Crippen LogP contribution in [0.2, 0.25) is 5.02 Å². The average Bonchev–Trinajstić information content (AvgIpc) is 2.64. The van der Waals surface area contributed by atoms with Crippen molar-refractivity contribution in [1.82, 2.24) is 9.97 Å². The smallest absolute Gasteiger partial charge is 0.272 e. The molecule has 1 unspecified atom stereocenters. The Bertz CT molecular complexity index is 863. The number of halogens is 2. The number of rotatable bonds is 5. The van der Waals surface area contributed by atoms with Gasteiger partial charge in [-0.25, -0.2) is 14.4 Å². The van der Waals surface area contributed by atoms with E-state index in [1.165, 1.54) is 30.6 Å². The van der Waals surface area contributed by atoms with Crippen LogP contribution >= 0.6 is 11.6 Å². The molecule has 1 N–H and O–H groups in total. The summed E-state index contributed by atoms with van der Waals surface area (Å²) in [5.74, 6) is -0.594. The Morgan fingerprint density at radius 2 is 1.80 bits per heavy atom. The van der Waals surface area contributed by atoms with Gasteiger partial charge in [-0.05, 0) is 18.2 Å². The van der Waals surface area contributed by atoms with E-state index in [-0.39, 0.29) is 16.7 Å². The summed E-state index contributed by atoms with van der Waals surface area (Å²) in [5, 5.41) is 2.51. The molecular weight excluding hydrogens is 345 g/mol. The van der Waals surface area contributed by atoms with E-state index in [9.17, 15) is 9.18 Å². The van der Waals surface area contributed by atoms with Crippen molar-refractivity contribution < 1.29 is 13.9 Å². The fourth-order valence-electron chi connectivity index (χ4n) is 2.13. The Balaban J connectivity index is 1.87. The summed E-state index contributed by atoms with van der Waals surface area (Å²) in [6, 6.07) is 14.4. The Labute approximate surface area is 148 Å². The lowest BCUT2D eigenvalue weighted by Gasteiger charge is -2.19. The molecule has 0 aliphatic rings. The van der Waals surface area contributed by atoms with Crippen molar-refractivity contribution in [3.63, 3.8) is 0 Å². The molecule has 0 saturated heterocycles. The molecule has 5 nitrogen and oxygen atoms in total. The zero-order valence-corrected chi connectivity index (χ0v) is 13.7. The SMILES string of the molecule is O=C(Nc1ncccn1)C(Oc1ccc(F)c(Cl)c1)c1ccccc1. The third-order valence-corrected chi connectivity index (χ3v) is 3.58. The van der Waals surface area contributed by atoms with Gasteiger partial charge in [0.1, 0.15) is 11.6 Å². The highest BCUT2D eigenvalue weighted by molar-refractivity contribution is 6.30. The van der Waals surface area contributed by atoms with Crippen molar-refractivity contribution in [3.8, 4) is 5.75 Å². The topological polar surface area (TPSA) is 64.1 Å². The number of carbonyl (C=O) groups is 1. The van der Waals surface area contributed by atoms with E-state index in [2.05, 4.69) is 15.3 Å². The van der Waals surface area contributed by atoms with Crippen LogP contribution in [-0.4, -0.2) is 15.9 Å². The van der Waals surface area contributed by atoms with Crippen molar-refractivity contribution >= 4 is 23.5 Å². The highest BCUT2D eigenvalue weighted by Gasteiger charge is 2.24. The fourth-order valence-corrected chi connectivity index (χ4v) is 2.30. The van der Waals surface area contributed by atoms with Crippen molar-refractivity contribution in [2.45, 2.75) is 6.10 Å². The first-order valence-electron chi connectivity index (χ1n) is 7.38. The van der Waals surface area contributed by atoms with Crippen LogP contribution in [-0.2, 0) is 4.79 Å². The number of ether oxygens (including phenoxy) is 1. The number of amides is 1. The highest BCUT2D eigenvalue weighted by Crippen LogP contribution is 2.27. The van der Waals surface area contributed by atoms with Crippen LogP contribution in [0.1, 0.15) is 11.7 Å². The van der Waals surface area contributed by atoms with Gasteiger partial charge >= 0.3 is 0 Å². The zero-order chi connectivity index (χ0) is 17.6. The largest absolute Gasteiger partial charge is 0.476 e. The lowest BCUT2D eigenvalue weighted by atomic mass is 10.1. The summed E-state index contributed by atoms with van der Waals surface area (Å²) in [6.07, 6.45) is 2.05. The Morgan fingerprint density at radius 1 is 1.08 bits per heavy atom. The van der Waals surface area contributed by atoms with Crippen LogP contribution in [0.4, 0.5) is 10.3 Å². The van der Waals surface area contributed by atoms with Crippen molar-refractivity contribution in [2.24, 2.45) is 0 Å². The van der Waals surface area contributed by atoms with E-state index < -0.39 is 17.8 Å². The maximum absolute atomic E-state index is 13.3. The molecule has 0 spiro atoms. The van der Waals surface area contributed by atoms with Gasteiger partial charge in [0.05, 0.1) is 5.02 Å². The summed E-state index contributed by atoms with van der Waals surface area (Å²) >= 11 is 5.78. The fraction of sp³-hybridized carbons (Fsp3) is 0.0556. The first-order chi connectivity index (χ1) is 12.1. The molecule has 0 radical (unpaired) electrons. The van der Waals surface area contributed by atoms with Gasteiger partial charge in [0, 0.05) is 24.0 Å². The van der Waals surface area contributed by atoms with Gasteiger partial charge in [-0.2, -0.15) is 0 Å². The third-order valence-electron chi connectivity index (χ3n) is 3.29. The Morgan fingerprint density at radius 3 is 2.48 bits per heavy atom. The number of anilines is 1. The van der Waals surface area contributed by atoms with Gasteiger partial charge in [0.25, 0.3) is 5.91 Å². The Kier molecular flexibility index (Phi) is 5.20. The summed E-state index contributed by atoms with van der Waals surface area (Å²) < 4.78 is 19.1. The van der Waals surface area contributed by atoms with E-state index in [0.29, 0.717) is 5.56 Å². The summed E-state index contributed by atoms with van der Waals surface area (Å²) in [6.45, 7) is 0. The van der Waals surface area contributed by atoms with Crippen LogP contribution < -0.4 is 10.1 Å². The summed E-state index contributed by atoms with van der Waals surface area (Å²) in [7, 11) is 0.